The van der Waals surface area contributed by atoms with E-state index in [1.165, 1.54) is 7.11 Å². The van der Waals surface area contributed by atoms with Crippen molar-refractivity contribution in [2.75, 3.05) is 7.11 Å². The summed E-state index contributed by atoms with van der Waals surface area (Å²) in [4.78, 5) is 51.6. The summed E-state index contributed by atoms with van der Waals surface area (Å²) >= 11 is 12.2. The number of rotatable bonds is 10. The van der Waals surface area contributed by atoms with Gasteiger partial charge in [0, 0.05) is 22.9 Å². The van der Waals surface area contributed by atoms with Gasteiger partial charge in [-0.25, -0.2) is 9.59 Å². The average Bonchev–Trinajstić information content (AvgIpc) is 3.18. The molecule has 8 rings (SSSR count). The van der Waals surface area contributed by atoms with Crippen LogP contribution >= 0.6 is 23.2 Å². The predicted molar refractivity (Wildman–Crippen MR) is 226 cm³/mol. The second kappa shape index (κ2) is 17.7. The zero-order chi connectivity index (χ0) is 41.9. The molecule has 0 saturated heterocycles. The van der Waals surface area contributed by atoms with Crippen LogP contribution in [-0.4, -0.2) is 59.3 Å². The maximum atomic E-state index is 13.3. The third-order valence-electron chi connectivity index (χ3n) is 12.2. The number of hydrogen-bond acceptors (Lipinski definition) is 7. The Balaban J connectivity index is 0.000000179. The Hall–Kier alpha value is -5.06. The van der Waals surface area contributed by atoms with Gasteiger partial charge in [-0.15, -0.1) is 0 Å². The molecule has 0 spiro atoms. The van der Waals surface area contributed by atoms with Gasteiger partial charge in [-0.3, -0.25) is 9.59 Å². The summed E-state index contributed by atoms with van der Waals surface area (Å²) in [6.07, 6.45) is 9.04. The highest BCUT2D eigenvalue weighted by molar-refractivity contribution is 6.31. The van der Waals surface area contributed by atoms with Crippen molar-refractivity contribution in [3.63, 3.8) is 0 Å². The first kappa shape index (κ1) is 42.1. The van der Waals surface area contributed by atoms with Gasteiger partial charge in [-0.05, 0) is 148 Å². The van der Waals surface area contributed by atoms with Gasteiger partial charge in [0.05, 0.1) is 30.4 Å². The first-order chi connectivity index (χ1) is 28.3. The number of esters is 1. The summed E-state index contributed by atoms with van der Waals surface area (Å²) in [6.45, 7) is 3.83. The van der Waals surface area contributed by atoms with E-state index in [-0.39, 0.29) is 24.5 Å². The largest absolute Gasteiger partial charge is 0.489 e. The molecule has 2 amide bonds. The number of carboxylic acids is 1. The van der Waals surface area contributed by atoms with Crippen molar-refractivity contribution in [2.24, 2.45) is 0 Å². The molecule has 4 aromatic carbocycles. The van der Waals surface area contributed by atoms with E-state index in [9.17, 15) is 24.3 Å². The Labute approximate surface area is 354 Å². The van der Waals surface area contributed by atoms with E-state index in [1.807, 2.05) is 56.3 Å². The fraction of sp³-hybridized carbons (Fsp3) is 0.404. The number of para-hydroxylation sites is 2. The summed E-state index contributed by atoms with van der Waals surface area (Å²) in [5.41, 5.74) is 4.17. The van der Waals surface area contributed by atoms with E-state index in [0.717, 1.165) is 71.9 Å². The number of methoxy groups -OCH3 is 1. The van der Waals surface area contributed by atoms with Crippen LogP contribution in [0.1, 0.15) is 105 Å². The molecule has 0 radical (unpaired) electrons. The van der Waals surface area contributed by atoms with Gasteiger partial charge in [-0.2, -0.15) is 0 Å². The van der Waals surface area contributed by atoms with Gasteiger partial charge in [-0.1, -0.05) is 59.6 Å². The fourth-order valence-corrected chi connectivity index (χ4v) is 8.64. The molecule has 10 nitrogen and oxygen atoms in total. The van der Waals surface area contributed by atoms with Crippen LogP contribution in [0.25, 0.3) is 0 Å². The Morgan fingerprint density at radius 2 is 1.08 bits per heavy atom. The lowest BCUT2D eigenvalue weighted by Crippen LogP contribution is -2.58. The molecule has 4 aliphatic rings. The van der Waals surface area contributed by atoms with Crippen molar-refractivity contribution in [1.29, 1.82) is 0 Å². The Morgan fingerprint density at radius 3 is 1.51 bits per heavy atom. The monoisotopic (exact) mass is 840 g/mol. The van der Waals surface area contributed by atoms with Crippen LogP contribution in [0.3, 0.4) is 0 Å². The van der Waals surface area contributed by atoms with Crippen LogP contribution < -0.4 is 20.1 Å². The SMILES string of the molecule is COC(=O)C1(NC(=O)c2cccc(C)c2OC2CCC2)CCc2cc(Cl)ccc2C1.Cc1cccc(C(=O)NC2(C(=O)O)CCc3cc(Cl)ccc3C2)c1OC1CCC1. The number of hydrogen-bond donors (Lipinski definition) is 3. The van der Waals surface area contributed by atoms with Gasteiger partial charge in [0.1, 0.15) is 22.6 Å². The van der Waals surface area contributed by atoms with Crippen LogP contribution in [0.2, 0.25) is 10.0 Å². The van der Waals surface area contributed by atoms with E-state index in [1.54, 1.807) is 30.3 Å². The molecule has 4 aromatic rings. The Kier molecular flexibility index (Phi) is 12.6. The number of nitrogens with one attached hydrogen (secondary N) is 2. The molecule has 0 aromatic heterocycles. The number of carbonyl (C=O) groups is 4. The molecule has 3 N–H and O–H groups in total. The predicted octanol–water partition coefficient (Wildman–Crippen LogP) is 8.73. The van der Waals surface area contributed by atoms with Gasteiger partial charge in [0.25, 0.3) is 11.8 Å². The van der Waals surface area contributed by atoms with Gasteiger partial charge in [0.2, 0.25) is 0 Å². The smallest absolute Gasteiger partial charge is 0.331 e. The van der Waals surface area contributed by atoms with Crippen molar-refractivity contribution in [2.45, 2.75) is 114 Å². The standard InChI is InChI=1S/C24H26ClNO4.C23H24ClNO4/c1-15-5-3-8-20(21(15)30-19-6-4-7-19)22(27)26-24(23(28)29-2)12-11-16-13-18(25)10-9-17(16)14-24;1-14-4-2-7-19(20(14)29-18-5-3-6-18)21(26)25-23(22(27)28)11-10-15-12-17(24)9-8-16(15)13-23/h3,5,8-10,13,19H,4,6-7,11-12,14H2,1-2H3,(H,26,27);2,4,7-9,12,18H,3,5-6,10-11,13H2,1H3,(H,25,26)(H,27,28). The number of halogens is 2. The van der Waals surface area contributed by atoms with Crippen molar-refractivity contribution < 1.29 is 38.5 Å². The number of aliphatic carboxylic acids is 1. The molecular weight excluding hydrogens is 791 g/mol. The summed E-state index contributed by atoms with van der Waals surface area (Å²) in [6, 6.07) is 22.0. The molecule has 2 saturated carbocycles. The quantitative estimate of drug-likeness (QED) is 0.135. The molecule has 2 atom stereocenters. The van der Waals surface area contributed by atoms with Crippen molar-refractivity contribution >= 4 is 47.0 Å². The Bertz CT molecular complexity index is 2270. The van der Waals surface area contributed by atoms with Crippen LogP contribution in [-0.2, 0) is 40.0 Å². The van der Waals surface area contributed by atoms with Crippen molar-refractivity contribution in [1.82, 2.24) is 10.6 Å². The maximum absolute atomic E-state index is 13.3. The fourth-order valence-electron chi connectivity index (χ4n) is 8.25. The van der Waals surface area contributed by atoms with E-state index < -0.39 is 28.9 Å². The van der Waals surface area contributed by atoms with E-state index in [0.29, 0.717) is 64.8 Å². The van der Waals surface area contributed by atoms with Gasteiger partial charge < -0.3 is 30.0 Å². The van der Waals surface area contributed by atoms with Crippen LogP contribution in [0.15, 0.2) is 72.8 Å². The highest BCUT2D eigenvalue weighted by Gasteiger charge is 2.45. The number of ether oxygens (including phenoxy) is 3. The van der Waals surface area contributed by atoms with E-state index in [4.69, 9.17) is 37.4 Å². The number of amides is 2. The second-order valence-electron chi connectivity index (χ2n) is 16.3. The molecule has 59 heavy (non-hydrogen) atoms. The number of carbonyl (C=O) groups excluding carboxylic acids is 3. The molecule has 12 heteroatoms. The van der Waals surface area contributed by atoms with Crippen molar-refractivity contribution in [3.8, 4) is 11.5 Å². The average molecular weight is 842 g/mol. The van der Waals surface area contributed by atoms with Crippen molar-refractivity contribution in [3.05, 3.63) is 127 Å². The summed E-state index contributed by atoms with van der Waals surface area (Å²) in [5.74, 6) is -1.05. The maximum Gasteiger partial charge on any atom is 0.331 e. The number of fused-ring (bicyclic) bond motifs is 2. The zero-order valence-electron chi connectivity index (χ0n) is 33.6. The van der Waals surface area contributed by atoms with E-state index in [2.05, 4.69) is 10.6 Å². The van der Waals surface area contributed by atoms with Crippen LogP contribution in [0.4, 0.5) is 0 Å². The van der Waals surface area contributed by atoms with Crippen LogP contribution in [0.5, 0.6) is 11.5 Å². The number of aryl methyl sites for hydroxylation is 4. The zero-order valence-corrected chi connectivity index (χ0v) is 35.1. The first-order valence-corrected chi connectivity index (χ1v) is 21.1. The third kappa shape index (κ3) is 9.09. The summed E-state index contributed by atoms with van der Waals surface area (Å²) in [5, 5.41) is 17.1. The highest BCUT2D eigenvalue weighted by Crippen LogP contribution is 2.36. The molecule has 0 heterocycles. The second-order valence-corrected chi connectivity index (χ2v) is 17.2. The topological polar surface area (TPSA) is 140 Å². The summed E-state index contributed by atoms with van der Waals surface area (Å²) in [7, 11) is 1.35. The lowest BCUT2D eigenvalue weighted by Gasteiger charge is -2.36. The molecule has 4 aliphatic carbocycles. The Morgan fingerprint density at radius 1 is 0.644 bits per heavy atom. The molecule has 0 aliphatic heterocycles. The molecule has 0 bridgehead atoms. The van der Waals surface area contributed by atoms with Crippen LogP contribution in [0, 0.1) is 13.8 Å². The first-order valence-electron chi connectivity index (χ1n) is 20.3. The normalized spacial score (nSPS) is 20.8. The minimum atomic E-state index is -1.35. The van der Waals surface area contributed by atoms with E-state index >= 15 is 0 Å². The number of benzene rings is 4. The number of carboxylic acid groups (broad SMARTS) is 1. The molecule has 2 fully saturated rings. The minimum absolute atomic E-state index is 0.127. The molecule has 310 valence electrons. The third-order valence-corrected chi connectivity index (χ3v) is 12.7. The van der Waals surface area contributed by atoms with Gasteiger partial charge >= 0.3 is 11.9 Å². The summed E-state index contributed by atoms with van der Waals surface area (Å²) < 4.78 is 17.3. The minimum Gasteiger partial charge on any atom is -0.489 e. The molecular formula is C47H50Cl2N2O8. The lowest BCUT2D eigenvalue weighted by atomic mass is 9.77. The molecule has 2 unspecified atom stereocenters. The van der Waals surface area contributed by atoms with Gasteiger partial charge in [0.15, 0.2) is 0 Å². The lowest BCUT2D eigenvalue weighted by molar-refractivity contribution is -0.149. The highest BCUT2D eigenvalue weighted by atomic mass is 35.5.